The van der Waals surface area contributed by atoms with Crippen LogP contribution in [0.3, 0.4) is 0 Å². The number of esters is 1. The first-order chi connectivity index (χ1) is 13.5. The third-order valence-corrected chi connectivity index (χ3v) is 5.15. The summed E-state index contributed by atoms with van der Waals surface area (Å²) >= 11 is 1.55. The molecule has 0 radical (unpaired) electrons. The van der Waals surface area contributed by atoms with Gasteiger partial charge in [0, 0.05) is 24.1 Å². The molecule has 0 spiro atoms. The fourth-order valence-corrected chi connectivity index (χ4v) is 3.49. The quantitative estimate of drug-likeness (QED) is 0.459. The van der Waals surface area contributed by atoms with Crippen molar-refractivity contribution in [3.05, 3.63) is 59.1 Å². The van der Waals surface area contributed by atoms with Crippen LogP contribution in [-0.2, 0) is 20.7 Å². The van der Waals surface area contributed by atoms with Gasteiger partial charge in [-0.05, 0) is 36.4 Å². The minimum Gasteiger partial charge on any atom is -0.457 e. The minimum atomic E-state index is -0.431. The number of para-hydroxylation sites is 1. The van der Waals surface area contributed by atoms with Gasteiger partial charge in [0.05, 0.1) is 21.6 Å². The molecule has 1 N–H and O–H groups in total. The highest BCUT2D eigenvalue weighted by Crippen LogP contribution is 2.22. The van der Waals surface area contributed by atoms with E-state index in [2.05, 4.69) is 10.3 Å². The predicted molar refractivity (Wildman–Crippen MR) is 109 cm³/mol. The molecule has 0 aliphatic heterocycles. The molecule has 144 valence electrons. The van der Waals surface area contributed by atoms with Crippen molar-refractivity contribution < 1.29 is 19.1 Å². The maximum absolute atomic E-state index is 12.2. The molecule has 3 aromatic rings. The molecule has 7 heteroatoms. The molecule has 0 aliphatic rings. The Morgan fingerprint density at radius 1 is 1.07 bits per heavy atom. The van der Waals surface area contributed by atoms with Crippen LogP contribution in [0.15, 0.2) is 48.5 Å². The van der Waals surface area contributed by atoms with Gasteiger partial charge >= 0.3 is 5.97 Å². The number of carbonyl (C=O) groups excluding carboxylic acids is 3. The number of anilines is 1. The normalized spacial score (nSPS) is 10.6. The van der Waals surface area contributed by atoms with E-state index in [4.69, 9.17) is 4.74 Å². The number of aryl methyl sites for hydroxylation is 1. The molecule has 0 saturated carbocycles. The topological polar surface area (TPSA) is 85.4 Å². The summed E-state index contributed by atoms with van der Waals surface area (Å²) in [5, 5.41) is 3.58. The van der Waals surface area contributed by atoms with Crippen molar-refractivity contribution in [2.75, 3.05) is 11.9 Å². The summed E-state index contributed by atoms with van der Waals surface area (Å²) in [6.07, 6.45) is 1.04. The average Bonchev–Trinajstić information content (AvgIpc) is 3.14. The summed E-state index contributed by atoms with van der Waals surface area (Å²) in [6, 6.07) is 14.3. The number of Topliss-reactive ketones (excluding diaryl/α,β-unsaturated/α-hetero) is 1. The number of ketones is 1. The molecule has 2 aromatic carbocycles. The van der Waals surface area contributed by atoms with Gasteiger partial charge in [0.1, 0.15) is 0 Å². The molecule has 6 nitrogen and oxygen atoms in total. The monoisotopic (exact) mass is 396 g/mol. The molecule has 0 aliphatic carbocycles. The second kappa shape index (κ2) is 9.23. The van der Waals surface area contributed by atoms with Crippen molar-refractivity contribution in [1.82, 2.24) is 4.98 Å². The SMILES string of the molecule is CCC(=O)Nc1ccc(C(=O)COC(=O)CCc2nc3ccccc3s2)cc1. The zero-order valence-electron chi connectivity index (χ0n) is 15.4. The lowest BCUT2D eigenvalue weighted by Crippen LogP contribution is -2.15. The van der Waals surface area contributed by atoms with Crippen molar-refractivity contribution in [1.29, 1.82) is 0 Å². The van der Waals surface area contributed by atoms with E-state index in [1.807, 2.05) is 24.3 Å². The van der Waals surface area contributed by atoms with Gasteiger partial charge in [-0.15, -0.1) is 11.3 Å². The number of fused-ring (bicyclic) bond motifs is 1. The van der Waals surface area contributed by atoms with Crippen molar-refractivity contribution in [2.45, 2.75) is 26.2 Å². The van der Waals surface area contributed by atoms with E-state index in [-0.39, 0.29) is 24.7 Å². The number of carbonyl (C=O) groups is 3. The Kier molecular flexibility index (Phi) is 6.49. The van der Waals surface area contributed by atoms with Crippen LogP contribution in [0.1, 0.15) is 35.1 Å². The smallest absolute Gasteiger partial charge is 0.306 e. The summed E-state index contributed by atoms with van der Waals surface area (Å²) in [7, 11) is 0. The number of amides is 1. The molecule has 28 heavy (non-hydrogen) atoms. The Balaban J connectivity index is 1.45. The van der Waals surface area contributed by atoms with Crippen LogP contribution in [0.5, 0.6) is 0 Å². The standard InChI is InChI=1S/C21H20N2O4S/c1-2-19(25)22-15-9-7-14(8-10-15)17(24)13-27-21(26)12-11-20-23-16-5-3-4-6-18(16)28-20/h3-10H,2,11-13H2,1H3,(H,22,25). The number of nitrogens with one attached hydrogen (secondary N) is 1. The van der Waals surface area contributed by atoms with E-state index in [0.717, 1.165) is 15.2 Å². The Hall–Kier alpha value is -3.06. The highest BCUT2D eigenvalue weighted by molar-refractivity contribution is 7.18. The Bertz CT molecular complexity index is 962. The van der Waals surface area contributed by atoms with E-state index in [0.29, 0.717) is 24.1 Å². The molecule has 1 heterocycles. The third kappa shape index (κ3) is 5.23. The zero-order valence-corrected chi connectivity index (χ0v) is 16.3. The number of thiazole rings is 1. The van der Waals surface area contributed by atoms with E-state index in [1.165, 1.54) is 0 Å². The number of benzene rings is 2. The van der Waals surface area contributed by atoms with Crippen LogP contribution in [0, 0.1) is 0 Å². The number of aromatic nitrogens is 1. The number of hydrogen-bond donors (Lipinski definition) is 1. The summed E-state index contributed by atoms with van der Waals surface area (Å²) in [6.45, 7) is 1.46. The number of ether oxygens (including phenoxy) is 1. The first kappa shape index (κ1) is 19.7. The molecule has 0 fully saturated rings. The van der Waals surface area contributed by atoms with Crippen LogP contribution in [-0.4, -0.2) is 29.3 Å². The Morgan fingerprint density at radius 3 is 2.54 bits per heavy atom. The van der Waals surface area contributed by atoms with Crippen LogP contribution in [0.2, 0.25) is 0 Å². The van der Waals surface area contributed by atoms with Gasteiger partial charge < -0.3 is 10.1 Å². The number of hydrogen-bond acceptors (Lipinski definition) is 6. The van der Waals surface area contributed by atoms with E-state index in [1.54, 1.807) is 42.5 Å². The minimum absolute atomic E-state index is 0.0962. The molecular weight excluding hydrogens is 376 g/mol. The molecule has 0 bridgehead atoms. The second-order valence-corrected chi connectivity index (χ2v) is 7.25. The van der Waals surface area contributed by atoms with Gasteiger partial charge in [0.2, 0.25) is 5.91 Å². The summed E-state index contributed by atoms with van der Waals surface area (Å²) in [5.74, 6) is -0.817. The molecular formula is C21H20N2O4S. The summed E-state index contributed by atoms with van der Waals surface area (Å²) < 4.78 is 6.17. The van der Waals surface area contributed by atoms with Crippen molar-refractivity contribution in [3.63, 3.8) is 0 Å². The fraction of sp³-hybridized carbons (Fsp3) is 0.238. The fourth-order valence-electron chi connectivity index (χ4n) is 2.53. The average molecular weight is 396 g/mol. The van der Waals surface area contributed by atoms with Crippen molar-refractivity contribution in [2.24, 2.45) is 0 Å². The van der Waals surface area contributed by atoms with Gasteiger partial charge in [-0.1, -0.05) is 19.1 Å². The van der Waals surface area contributed by atoms with Gasteiger partial charge in [-0.25, -0.2) is 4.98 Å². The molecule has 1 aromatic heterocycles. The van der Waals surface area contributed by atoms with Crippen LogP contribution in [0.25, 0.3) is 10.2 Å². The van der Waals surface area contributed by atoms with Gasteiger partial charge in [0.25, 0.3) is 0 Å². The van der Waals surface area contributed by atoms with E-state index >= 15 is 0 Å². The molecule has 1 amide bonds. The third-order valence-electron chi connectivity index (χ3n) is 4.06. The van der Waals surface area contributed by atoms with Crippen LogP contribution >= 0.6 is 11.3 Å². The van der Waals surface area contributed by atoms with E-state index in [9.17, 15) is 14.4 Å². The lowest BCUT2D eigenvalue weighted by atomic mass is 10.1. The van der Waals surface area contributed by atoms with Crippen molar-refractivity contribution >= 4 is 44.9 Å². The van der Waals surface area contributed by atoms with E-state index < -0.39 is 5.97 Å². The first-order valence-corrected chi connectivity index (χ1v) is 9.80. The Morgan fingerprint density at radius 2 is 1.82 bits per heavy atom. The van der Waals surface area contributed by atoms with Crippen LogP contribution in [0.4, 0.5) is 5.69 Å². The lowest BCUT2D eigenvalue weighted by molar-refractivity contribution is -0.142. The van der Waals surface area contributed by atoms with Gasteiger partial charge in [-0.3, -0.25) is 14.4 Å². The Labute approximate surface area is 166 Å². The zero-order chi connectivity index (χ0) is 19.9. The molecule has 0 unspecified atom stereocenters. The first-order valence-electron chi connectivity index (χ1n) is 8.98. The number of rotatable bonds is 8. The molecule has 0 saturated heterocycles. The lowest BCUT2D eigenvalue weighted by Gasteiger charge is -2.06. The highest BCUT2D eigenvalue weighted by atomic mass is 32.1. The summed E-state index contributed by atoms with van der Waals surface area (Å²) in [4.78, 5) is 39.9. The molecule has 0 atom stereocenters. The van der Waals surface area contributed by atoms with Gasteiger partial charge in [0.15, 0.2) is 12.4 Å². The van der Waals surface area contributed by atoms with Gasteiger partial charge in [-0.2, -0.15) is 0 Å². The largest absolute Gasteiger partial charge is 0.457 e. The van der Waals surface area contributed by atoms with Crippen LogP contribution < -0.4 is 5.32 Å². The van der Waals surface area contributed by atoms with Crippen molar-refractivity contribution in [3.8, 4) is 0 Å². The highest BCUT2D eigenvalue weighted by Gasteiger charge is 2.12. The second-order valence-electron chi connectivity index (χ2n) is 6.14. The molecule has 3 rings (SSSR count). The maximum atomic E-state index is 12.2. The number of nitrogens with zero attached hydrogens (tertiary/aromatic N) is 1. The predicted octanol–water partition coefficient (Wildman–Crippen LogP) is 4.00. The summed E-state index contributed by atoms with van der Waals surface area (Å²) in [5.41, 5.74) is 1.97. The maximum Gasteiger partial charge on any atom is 0.306 e.